The van der Waals surface area contributed by atoms with Gasteiger partial charge in [-0.1, -0.05) is 0 Å². The van der Waals surface area contributed by atoms with Crippen molar-refractivity contribution in [1.82, 2.24) is 4.57 Å². The number of rotatable bonds is 1. The van der Waals surface area contributed by atoms with Gasteiger partial charge in [0.25, 0.3) is 0 Å². The Labute approximate surface area is 110 Å². The van der Waals surface area contributed by atoms with E-state index in [-0.39, 0.29) is 0 Å². The molecule has 3 rings (SSSR count). The molecule has 2 heterocycles. The Hall–Kier alpha value is -0.900. The number of fused-ring (bicyclic) bond motifs is 1. The van der Waals surface area contributed by atoms with Crippen LogP contribution in [0.4, 0.5) is 0 Å². The van der Waals surface area contributed by atoms with Crippen LogP contribution in [-0.4, -0.2) is 26.1 Å². The number of aromatic nitrogens is 1. The first-order valence-corrected chi connectivity index (χ1v) is 8.24. The molecular weight excluding hydrogens is 246 g/mol. The molecule has 1 aliphatic heterocycles. The van der Waals surface area contributed by atoms with Gasteiger partial charge in [0, 0.05) is 51.7 Å². The smallest absolute Gasteiger partial charge is 0.164 e. The van der Waals surface area contributed by atoms with E-state index in [0.29, 0.717) is 18.2 Å². The second kappa shape index (κ2) is 4.65. The summed E-state index contributed by atoms with van der Waals surface area (Å²) in [5.41, 5.74) is 3.39. The van der Waals surface area contributed by atoms with Crippen molar-refractivity contribution in [2.24, 2.45) is 0 Å². The first kappa shape index (κ1) is 12.2. The molecule has 3 nitrogen and oxygen atoms in total. The summed E-state index contributed by atoms with van der Waals surface area (Å²) in [6, 6.07) is 2.51. The molecule has 1 aromatic heterocycles. The van der Waals surface area contributed by atoms with Crippen LogP contribution in [0.25, 0.3) is 0 Å². The van der Waals surface area contributed by atoms with Crippen molar-refractivity contribution in [2.45, 2.75) is 45.1 Å². The Kier molecular flexibility index (Phi) is 3.14. The summed E-state index contributed by atoms with van der Waals surface area (Å²) in [6.45, 7) is 2.09. The van der Waals surface area contributed by atoms with Gasteiger partial charge in [0.15, 0.2) is 5.78 Å². The lowest BCUT2D eigenvalue weighted by Crippen LogP contribution is -2.24. The van der Waals surface area contributed by atoms with Crippen LogP contribution < -0.4 is 0 Å². The number of hydrogen-bond donors (Lipinski definition) is 0. The van der Waals surface area contributed by atoms with Crippen LogP contribution in [0.1, 0.15) is 53.5 Å². The van der Waals surface area contributed by atoms with Crippen molar-refractivity contribution in [2.75, 3.05) is 11.5 Å². The first-order chi connectivity index (χ1) is 8.66. The van der Waals surface area contributed by atoms with Gasteiger partial charge in [-0.05, 0) is 38.7 Å². The minimum absolute atomic E-state index is 0.303. The molecule has 18 heavy (non-hydrogen) atoms. The maximum Gasteiger partial charge on any atom is 0.164 e. The highest BCUT2D eigenvalue weighted by atomic mass is 32.2. The van der Waals surface area contributed by atoms with Crippen LogP contribution in [0.3, 0.4) is 0 Å². The quantitative estimate of drug-likeness (QED) is 0.782. The molecule has 0 N–H and O–H groups in total. The monoisotopic (exact) mass is 265 g/mol. The van der Waals surface area contributed by atoms with E-state index in [1.807, 2.05) is 0 Å². The van der Waals surface area contributed by atoms with E-state index >= 15 is 0 Å². The molecule has 4 heteroatoms. The van der Waals surface area contributed by atoms with Gasteiger partial charge < -0.3 is 4.57 Å². The molecule has 2 aliphatic rings. The maximum atomic E-state index is 11.9. The van der Waals surface area contributed by atoms with E-state index in [9.17, 15) is 9.00 Å². The lowest BCUT2D eigenvalue weighted by molar-refractivity contribution is 0.0971. The molecule has 1 aromatic rings. The Morgan fingerprint density at radius 1 is 1.28 bits per heavy atom. The van der Waals surface area contributed by atoms with Crippen molar-refractivity contribution < 1.29 is 9.00 Å². The number of hydrogen-bond acceptors (Lipinski definition) is 2. The minimum Gasteiger partial charge on any atom is -0.345 e. The zero-order chi connectivity index (χ0) is 12.7. The van der Waals surface area contributed by atoms with E-state index in [1.165, 1.54) is 11.4 Å². The highest BCUT2D eigenvalue weighted by Crippen LogP contribution is 2.32. The lowest BCUT2D eigenvalue weighted by atomic mass is 9.96. The molecule has 0 bridgehead atoms. The Bertz CT molecular complexity index is 508. The van der Waals surface area contributed by atoms with Crippen LogP contribution in [0.5, 0.6) is 0 Å². The standard InChI is InChI=1S/C14H19NO2S/c1-10-9-12-13(3-2-4-14(12)16)15(10)11-5-7-18(17)8-6-11/h9,11H,2-8H2,1H3. The molecule has 1 aliphatic carbocycles. The predicted octanol–water partition coefficient (Wildman–Crippen LogP) is 2.40. The van der Waals surface area contributed by atoms with Crippen molar-refractivity contribution in [3.05, 3.63) is 23.0 Å². The van der Waals surface area contributed by atoms with Gasteiger partial charge in [0.05, 0.1) is 0 Å². The first-order valence-electron chi connectivity index (χ1n) is 6.75. The molecule has 98 valence electrons. The van der Waals surface area contributed by atoms with E-state index in [0.717, 1.165) is 42.8 Å². The van der Waals surface area contributed by atoms with Crippen molar-refractivity contribution in [3.8, 4) is 0 Å². The van der Waals surface area contributed by atoms with Gasteiger partial charge in [-0.25, -0.2) is 0 Å². The summed E-state index contributed by atoms with van der Waals surface area (Å²) in [6.07, 6.45) is 4.68. The van der Waals surface area contributed by atoms with Crippen LogP contribution in [0.2, 0.25) is 0 Å². The van der Waals surface area contributed by atoms with Gasteiger partial charge in [-0.15, -0.1) is 0 Å². The van der Waals surface area contributed by atoms with Crippen LogP contribution in [-0.2, 0) is 17.2 Å². The Morgan fingerprint density at radius 2 is 2.00 bits per heavy atom. The van der Waals surface area contributed by atoms with Gasteiger partial charge in [-0.2, -0.15) is 0 Å². The van der Waals surface area contributed by atoms with E-state index < -0.39 is 10.8 Å². The van der Waals surface area contributed by atoms with Crippen LogP contribution in [0.15, 0.2) is 6.07 Å². The maximum absolute atomic E-state index is 11.9. The zero-order valence-corrected chi connectivity index (χ0v) is 11.6. The second-order valence-corrected chi connectivity index (χ2v) is 7.07. The molecule has 1 saturated heterocycles. The van der Waals surface area contributed by atoms with E-state index in [1.54, 1.807) is 0 Å². The van der Waals surface area contributed by atoms with Crippen molar-refractivity contribution >= 4 is 16.6 Å². The molecular formula is C14H19NO2S. The average Bonchev–Trinajstić information content (AvgIpc) is 2.69. The highest BCUT2D eigenvalue weighted by Gasteiger charge is 2.27. The third-order valence-corrected chi connectivity index (χ3v) is 5.56. The van der Waals surface area contributed by atoms with E-state index in [4.69, 9.17) is 0 Å². The van der Waals surface area contributed by atoms with Gasteiger partial charge in [0.2, 0.25) is 0 Å². The summed E-state index contributed by atoms with van der Waals surface area (Å²) in [5.74, 6) is 1.92. The summed E-state index contributed by atoms with van der Waals surface area (Å²) < 4.78 is 13.8. The van der Waals surface area contributed by atoms with Gasteiger partial charge >= 0.3 is 0 Å². The number of Topliss-reactive ketones (excluding diaryl/α,β-unsaturated/α-hetero) is 1. The Morgan fingerprint density at radius 3 is 2.72 bits per heavy atom. The average molecular weight is 265 g/mol. The fourth-order valence-corrected chi connectivity index (χ4v) is 4.57. The van der Waals surface area contributed by atoms with Crippen molar-refractivity contribution in [3.63, 3.8) is 0 Å². The normalized spacial score (nSPS) is 28.2. The zero-order valence-electron chi connectivity index (χ0n) is 10.8. The number of ketones is 1. The molecule has 0 amide bonds. The molecule has 0 spiro atoms. The third-order valence-electron chi connectivity index (χ3n) is 4.18. The number of carbonyl (C=O) groups is 1. The van der Waals surface area contributed by atoms with Crippen LogP contribution in [0, 0.1) is 6.92 Å². The topological polar surface area (TPSA) is 39.1 Å². The number of aryl methyl sites for hydroxylation is 1. The number of nitrogens with zero attached hydrogens (tertiary/aromatic N) is 1. The fraction of sp³-hybridized carbons (Fsp3) is 0.643. The molecule has 1 fully saturated rings. The number of carbonyl (C=O) groups excluding carboxylic acids is 1. The summed E-state index contributed by atoms with van der Waals surface area (Å²) >= 11 is 0. The molecule has 0 aromatic carbocycles. The predicted molar refractivity (Wildman–Crippen MR) is 72.6 cm³/mol. The molecule has 0 atom stereocenters. The van der Waals surface area contributed by atoms with Crippen molar-refractivity contribution in [1.29, 1.82) is 0 Å². The second-order valence-electron chi connectivity index (χ2n) is 5.37. The molecule has 0 unspecified atom stereocenters. The largest absolute Gasteiger partial charge is 0.345 e. The lowest BCUT2D eigenvalue weighted by Gasteiger charge is -2.27. The van der Waals surface area contributed by atoms with Gasteiger partial charge in [-0.3, -0.25) is 9.00 Å². The highest BCUT2D eigenvalue weighted by molar-refractivity contribution is 7.85. The minimum atomic E-state index is -0.618. The third kappa shape index (κ3) is 1.96. The fourth-order valence-electron chi connectivity index (χ4n) is 3.30. The molecule has 0 saturated carbocycles. The Balaban J connectivity index is 1.97. The summed E-state index contributed by atoms with van der Waals surface area (Å²) in [5, 5.41) is 0. The van der Waals surface area contributed by atoms with Crippen LogP contribution >= 0.6 is 0 Å². The van der Waals surface area contributed by atoms with E-state index in [2.05, 4.69) is 17.6 Å². The summed E-state index contributed by atoms with van der Waals surface area (Å²) in [7, 11) is -0.618. The summed E-state index contributed by atoms with van der Waals surface area (Å²) in [4.78, 5) is 11.9. The SMILES string of the molecule is Cc1cc2c(n1C1CCS(=O)CC1)CCCC2=O. The van der Waals surface area contributed by atoms with Gasteiger partial charge in [0.1, 0.15) is 0 Å². The molecule has 0 radical (unpaired) electrons.